The molecule has 1 amide bonds. The Hall–Kier alpha value is -1.16. The average molecular weight is 335 g/mol. The number of rotatable bonds is 4. The molecule has 6 nitrogen and oxygen atoms in total. The third kappa shape index (κ3) is 4.47. The number of nitrogens with one attached hydrogen (secondary N) is 1. The second-order valence-electron chi connectivity index (χ2n) is 7.38. The fourth-order valence-corrected chi connectivity index (χ4v) is 4.14. The number of piperidine rings is 1. The topological polar surface area (TPSA) is 74.6 Å². The van der Waals surface area contributed by atoms with E-state index < -0.39 is 5.54 Å². The van der Waals surface area contributed by atoms with Crippen LogP contribution in [0.4, 0.5) is 0 Å². The van der Waals surface area contributed by atoms with Gasteiger partial charge in [0.1, 0.15) is 5.54 Å². The van der Waals surface area contributed by atoms with Gasteiger partial charge in [-0.05, 0) is 38.8 Å². The predicted octanol–water partition coefficient (Wildman–Crippen LogP) is 1.80. The number of amides is 1. The normalized spacial score (nSPS) is 26.6. The molecule has 0 aromatic rings. The monoisotopic (exact) mass is 335 g/mol. The highest BCUT2D eigenvalue weighted by atomic mass is 16.7. The Balaban J connectivity index is 1.44. The molecule has 24 heavy (non-hydrogen) atoms. The van der Waals surface area contributed by atoms with Crippen molar-refractivity contribution < 1.29 is 14.3 Å². The summed E-state index contributed by atoms with van der Waals surface area (Å²) in [5.41, 5.74) is -0.641. The van der Waals surface area contributed by atoms with Crippen molar-refractivity contribution in [2.75, 3.05) is 32.8 Å². The van der Waals surface area contributed by atoms with E-state index in [0.717, 1.165) is 64.5 Å². The molecule has 3 aliphatic rings. The van der Waals surface area contributed by atoms with Crippen LogP contribution in [0.2, 0.25) is 0 Å². The largest absolute Gasteiger partial charge is 0.350 e. The van der Waals surface area contributed by atoms with Crippen LogP contribution in [0, 0.1) is 17.2 Å². The number of ether oxygens (including phenoxy) is 2. The Morgan fingerprint density at radius 1 is 1.12 bits per heavy atom. The molecule has 2 aliphatic heterocycles. The maximum absolute atomic E-state index is 12.4. The van der Waals surface area contributed by atoms with E-state index in [4.69, 9.17) is 9.47 Å². The van der Waals surface area contributed by atoms with Gasteiger partial charge in [-0.25, -0.2) is 0 Å². The van der Waals surface area contributed by atoms with Crippen molar-refractivity contribution in [3.63, 3.8) is 0 Å². The first kappa shape index (κ1) is 17.7. The van der Waals surface area contributed by atoms with Crippen molar-refractivity contribution in [1.29, 1.82) is 5.26 Å². The molecule has 0 aromatic carbocycles. The zero-order valence-corrected chi connectivity index (χ0v) is 14.5. The SMILES string of the molecule is N#CC1(NC(=O)CN2CCC(C3OCCO3)CC2)CCCCCC1. The molecule has 2 saturated heterocycles. The number of carbonyl (C=O) groups excluding carboxylic acids is 1. The fraction of sp³-hybridized carbons (Fsp3) is 0.889. The lowest BCUT2D eigenvalue weighted by Crippen LogP contribution is -2.51. The average Bonchev–Trinajstić information content (AvgIpc) is 3.03. The zero-order valence-electron chi connectivity index (χ0n) is 14.5. The van der Waals surface area contributed by atoms with Gasteiger partial charge in [0.25, 0.3) is 0 Å². The lowest BCUT2D eigenvalue weighted by atomic mass is 9.91. The van der Waals surface area contributed by atoms with Gasteiger partial charge in [0, 0.05) is 5.92 Å². The van der Waals surface area contributed by atoms with E-state index >= 15 is 0 Å². The van der Waals surface area contributed by atoms with Crippen molar-refractivity contribution in [1.82, 2.24) is 10.2 Å². The Morgan fingerprint density at radius 2 is 1.75 bits per heavy atom. The van der Waals surface area contributed by atoms with Gasteiger partial charge in [-0.1, -0.05) is 25.7 Å². The fourth-order valence-electron chi connectivity index (χ4n) is 4.14. The lowest BCUT2D eigenvalue weighted by molar-refractivity contribution is -0.125. The summed E-state index contributed by atoms with van der Waals surface area (Å²) in [6.07, 6.45) is 7.91. The number of hydrogen-bond donors (Lipinski definition) is 1. The van der Waals surface area contributed by atoms with Crippen LogP contribution in [0.15, 0.2) is 0 Å². The third-order valence-corrected chi connectivity index (χ3v) is 5.58. The van der Waals surface area contributed by atoms with Crippen LogP contribution < -0.4 is 5.32 Å². The Labute approximate surface area is 144 Å². The minimum atomic E-state index is -0.641. The molecule has 3 fully saturated rings. The maximum atomic E-state index is 12.4. The predicted molar refractivity (Wildman–Crippen MR) is 89.0 cm³/mol. The highest BCUT2D eigenvalue weighted by Gasteiger charge is 2.34. The molecule has 0 aromatic heterocycles. The van der Waals surface area contributed by atoms with Gasteiger partial charge in [0.15, 0.2) is 6.29 Å². The summed E-state index contributed by atoms with van der Waals surface area (Å²) in [5, 5.41) is 12.6. The van der Waals surface area contributed by atoms with Crippen molar-refractivity contribution in [3.05, 3.63) is 0 Å². The summed E-state index contributed by atoms with van der Waals surface area (Å²) in [5.74, 6) is 0.435. The van der Waals surface area contributed by atoms with E-state index in [1.807, 2.05) is 0 Å². The van der Waals surface area contributed by atoms with E-state index in [1.54, 1.807) is 0 Å². The van der Waals surface area contributed by atoms with Crippen LogP contribution in [0.25, 0.3) is 0 Å². The summed E-state index contributed by atoms with van der Waals surface area (Å²) < 4.78 is 11.2. The summed E-state index contributed by atoms with van der Waals surface area (Å²) in [6, 6.07) is 2.39. The van der Waals surface area contributed by atoms with Crippen molar-refractivity contribution in [3.8, 4) is 6.07 Å². The smallest absolute Gasteiger partial charge is 0.235 e. The number of hydrogen-bond acceptors (Lipinski definition) is 5. The van der Waals surface area contributed by atoms with E-state index in [9.17, 15) is 10.1 Å². The molecule has 1 aliphatic carbocycles. The Kier molecular flexibility index (Phi) is 6.09. The standard InChI is InChI=1S/C18H29N3O3/c19-14-18(7-3-1-2-4-8-18)20-16(22)13-21-9-5-15(6-10-21)17-23-11-12-24-17/h15,17H,1-13H2,(H,20,22). The van der Waals surface area contributed by atoms with Crippen molar-refractivity contribution >= 4 is 5.91 Å². The summed E-state index contributed by atoms with van der Waals surface area (Å²) in [6.45, 7) is 3.57. The van der Waals surface area contributed by atoms with Crippen LogP contribution in [0.3, 0.4) is 0 Å². The molecular weight excluding hydrogens is 306 g/mol. The van der Waals surface area contributed by atoms with Crippen LogP contribution in [0.1, 0.15) is 51.4 Å². The maximum Gasteiger partial charge on any atom is 0.235 e. The quantitative estimate of drug-likeness (QED) is 0.793. The van der Waals surface area contributed by atoms with Gasteiger partial charge in [-0.3, -0.25) is 9.69 Å². The molecule has 1 saturated carbocycles. The molecule has 0 atom stereocenters. The molecule has 2 heterocycles. The molecule has 1 N–H and O–H groups in total. The summed E-state index contributed by atoms with van der Waals surface area (Å²) in [7, 11) is 0. The van der Waals surface area contributed by atoms with Gasteiger partial charge < -0.3 is 14.8 Å². The van der Waals surface area contributed by atoms with E-state index in [2.05, 4.69) is 16.3 Å². The zero-order chi connectivity index (χ0) is 16.8. The second-order valence-corrected chi connectivity index (χ2v) is 7.38. The molecule has 0 radical (unpaired) electrons. The Morgan fingerprint density at radius 3 is 2.33 bits per heavy atom. The minimum absolute atomic E-state index is 0.00901. The molecule has 0 bridgehead atoms. The molecule has 134 valence electrons. The molecule has 3 rings (SSSR count). The first-order valence-electron chi connectivity index (χ1n) is 9.39. The minimum Gasteiger partial charge on any atom is -0.350 e. The first-order valence-corrected chi connectivity index (χ1v) is 9.39. The lowest BCUT2D eigenvalue weighted by Gasteiger charge is -2.34. The first-order chi connectivity index (χ1) is 11.7. The van der Waals surface area contributed by atoms with E-state index in [0.29, 0.717) is 25.7 Å². The Bertz CT molecular complexity index is 455. The van der Waals surface area contributed by atoms with E-state index in [1.165, 1.54) is 0 Å². The summed E-state index contributed by atoms with van der Waals surface area (Å²) in [4.78, 5) is 14.6. The van der Waals surface area contributed by atoms with Crippen molar-refractivity contribution in [2.45, 2.75) is 63.2 Å². The molecule has 6 heteroatoms. The second kappa shape index (κ2) is 8.28. The van der Waals surface area contributed by atoms with Crippen LogP contribution in [-0.2, 0) is 14.3 Å². The van der Waals surface area contributed by atoms with Crippen LogP contribution in [-0.4, -0.2) is 55.5 Å². The summed E-state index contributed by atoms with van der Waals surface area (Å²) >= 11 is 0. The number of carbonyl (C=O) groups is 1. The molecular formula is C18H29N3O3. The number of nitrogens with zero attached hydrogens (tertiary/aromatic N) is 2. The number of likely N-dealkylation sites (tertiary alicyclic amines) is 1. The van der Waals surface area contributed by atoms with Crippen LogP contribution >= 0.6 is 0 Å². The highest BCUT2D eigenvalue weighted by molar-refractivity contribution is 5.79. The van der Waals surface area contributed by atoms with Gasteiger partial charge in [-0.15, -0.1) is 0 Å². The highest BCUT2D eigenvalue weighted by Crippen LogP contribution is 2.27. The van der Waals surface area contributed by atoms with Crippen molar-refractivity contribution in [2.24, 2.45) is 5.92 Å². The third-order valence-electron chi connectivity index (χ3n) is 5.58. The molecule has 0 spiro atoms. The molecule has 0 unspecified atom stereocenters. The van der Waals surface area contributed by atoms with Gasteiger partial charge >= 0.3 is 0 Å². The number of nitriles is 1. The van der Waals surface area contributed by atoms with Gasteiger partial charge in [-0.2, -0.15) is 5.26 Å². The van der Waals surface area contributed by atoms with Gasteiger partial charge in [0.2, 0.25) is 5.91 Å². The van der Waals surface area contributed by atoms with E-state index in [-0.39, 0.29) is 12.2 Å². The van der Waals surface area contributed by atoms with Crippen LogP contribution in [0.5, 0.6) is 0 Å². The van der Waals surface area contributed by atoms with Gasteiger partial charge in [0.05, 0.1) is 25.8 Å².